The summed E-state index contributed by atoms with van der Waals surface area (Å²) < 4.78 is 21.4. The molecular formula is C19H22BrNO6. The Morgan fingerprint density at radius 1 is 1.19 bits per heavy atom. The number of halogens is 1. The van der Waals surface area contributed by atoms with Gasteiger partial charge in [-0.1, -0.05) is 12.1 Å². The van der Waals surface area contributed by atoms with Gasteiger partial charge in [0.25, 0.3) is 0 Å². The topological polar surface area (TPSA) is 83.1 Å². The third kappa shape index (κ3) is 5.11. The average Bonchev–Trinajstić information content (AvgIpc) is 2.60. The van der Waals surface area contributed by atoms with Crippen molar-refractivity contribution >= 4 is 44.5 Å². The van der Waals surface area contributed by atoms with Crippen molar-refractivity contribution in [3.05, 3.63) is 34.3 Å². The lowest BCUT2D eigenvalue weighted by molar-refractivity contribution is 0.0517. The Bertz CT molecular complexity index is 859. The number of carbonyl (C=O) groups is 2. The molecule has 1 amide bonds. The highest BCUT2D eigenvalue weighted by molar-refractivity contribution is 9.10. The monoisotopic (exact) mass is 439 g/mol. The van der Waals surface area contributed by atoms with Gasteiger partial charge in [-0.2, -0.15) is 0 Å². The summed E-state index contributed by atoms with van der Waals surface area (Å²) in [7, 11) is 2.80. The summed E-state index contributed by atoms with van der Waals surface area (Å²) in [5.74, 6) is -0.135. The van der Waals surface area contributed by atoms with Crippen LogP contribution in [0, 0.1) is 0 Å². The van der Waals surface area contributed by atoms with Gasteiger partial charge in [0.1, 0.15) is 11.4 Å². The first-order chi connectivity index (χ1) is 12.7. The molecule has 0 aliphatic heterocycles. The van der Waals surface area contributed by atoms with Crippen molar-refractivity contribution in [2.24, 2.45) is 0 Å². The molecule has 0 aliphatic carbocycles. The summed E-state index contributed by atoms with van der Waals surface area (Å²) in [6.07, 6.45) is -0.607. The van der Waals surface area contributed by atoms with E-state index in [9.17, 15) is 9.59 Å². The van der Waals surface area contributed by atoms with Gasteiger partial charge >= 0.3 is 12.1 Å². The molecule has 0 spiro atoms. The number of hydrogen-bond donors (Lipinski definition) is 1. The number of methoxy groups -OCH3 is 2. The minimum atomic E-state index is -0.638. The SMILES string of the molecule is COCOc1cc(NC(=O)OC(C)(C)C)c(Br)c2cccc(C(=O)OC)c12. The van der Waals surface area contributed by atoms with E-state index in [-0.39, 0.29) is 6.79 Å². The highest BCUT2D eigenvalue weighted by Crippen LogP contribution is 2.40. The Morgan fingerprint density at radius 2 is 1.89 bits per heavy atom. The van der Waals surface area contributed by atoms with Crippen LogP contribution in [0.1, 0.15) is 31.1 Å². The second-order valence-corrected chi connectivity index (χ2v) is 7.43. The number of amides is 1. The van der Waals surface area contributed by atoms with Gasteiger partial charge in [-0.05, 0) is 42.8 Å². The van der Waals surface area contributed by atoms with Gasteiger partial charge in [0.05, 0.1) is 18.4 Å². The lowest BCUT2D eigenvalue weighted by Gasteiger charge is -2.21. The molecule has 7 nitrogen and oxygen atoms in total. The lowest BCUT2D eigenvalue weighted by Crippen LogP contribution is -2.27. The average molecular weight is 440 g/mol. The normalized spacial score (nSPS) is 11.2. The van der Waals surface area contributed by atoms with Crippen LogP contribution >= 0.6 is 15.9 Å². The molecule has 146 valence electrons. The molecule has 0 atom stereocenters. The van der Waals surface area contributed by atoms with Crippen molar-refractivity contribution in [2.75, 3.05) is 26.3 Å². The van der Waals surface area contributed by atoms with Crippen LogP contribution in [0.4, 0.5) is 10.5 Å². The van der Waals surface area contributed by atoms with E-state index in [1.807, 2.05) is 0 Å². The fourth-order valence-corrected chi connectivity index (χ4v) is 2.98. The number of nitrogens with one attached hydrogen (secondary N) is 1. The maximum atomic E-state index is 12.2. The maximum absolute atomic E-state index is 12.2. The predicted octanol–water partition coefficient (Wildman–Crippen LogP) is 4.72. The number of anilines is 1. The summed E-state index contributed by atoms with van der Waals surface area (Å²) in [5.41, 5.74) is 0.136. The molecule has 0 fully saturated rings. The van der Waals surface area contributed by atoms with E-state index in [0.29, 0.717) is 32.2 Å². The summed E-state index contributed by atoms with van der Waals surface area (Å²) in [4.78, 5) is 24.3. The van der Waals surface area contributed by atoms with E-state index in [0.717, 1.165) is 0 Å². The van der Waals surface area contributed by atoms with Gasteiger partial charge in [0, 0.05) is 28.4 Å². The quantitative estimate of drug-likeness (QED) is 0.535. The van der Waals surface area contributed by atoms with Crippen LogP contribution < -0.4 is 10.1 Å². The Hall–Kier alpha value is -2.32. The zero-order valence-corrected chi connectivity index (χ0v) is 17.4. The molecule has 0 aliphatic rings. The first kappa shape index (κ1) is 21.0. The number of benzene rings is 2. The first-order valence-electron chi connectivity index (χ1n) is 8.13. The van der Waals surface area contributed by atoms with E-state index in [2.05, 4.69) is 21.2 Å². The molecule has 2 aromatic rings. The van der Waals surface area contributed by atoms with E-state index < -0.39 is 17.7 Å². The molecule has 0 heterocycles. The van der Waals surface area contributed by atoms with Gasteiger partial charge in [-0.25, -0.2) is 9.59 Å². The van der Waals surface area contributed by atoms with Crippen LogP contribution in [0.15, 0.2) is 28.7 Å². The second kappa shape index (κ2) is 8.58. The molecular weight excluding hydrogens is 418 g/mol. The van der Waals surface area contributed by atoms with Gasteiger partial charge < -0.3 is 18.9 Å². The highest BCUT2D eigenvalue weighted by atomic mass is 79.9. The molecule has 2 rings (SSSR count). The van der Waals surface area contributed by atoms with E-state index >= 15 is 0 Å². The van der Waals surface area contributed by atoms with Crippen molar-refractivity contribution in [1.82, 2.24) is 0 Å². The number of ether oxygens (including phenoxy) is 4. The van der Waals surface area contributed by atoms with Crippen molar-refractivity contribution in [2.45, 2.75) is 26.4 Å². The van der Waals surface area contributed by atoms with Crippen LogP contribution in [0.25, 0.3) is 10.8 Å². The Balaban J connectivity index is 2.59. The Labute approximate surface area is 166 Å². The number of rotatable bonds is 5. The number of esters is 1. The molecule has 27 heavy (non-hydrogen) atoms. The van der Waals surface area contributed by atoms with Crippen molar-refractivity contribution in [3.63, 3.8) is 0 Å². The summed E-state index contributed by atoms with van der Waals surface area (Å²) in [5, 5.41) is 3.90. The molecule has 1 N–H and O–H groups in total. The van der Waals surface area contributed by atoms with Crippen LogP contribution in [-0.2, 0) is 14.2 Å². The third-order valence-electron chi connectivity index (χ3n) is 3.43. The van der Waals surface area contributed by atoms with Crippen LogP contribution in [-0.4, -0.2) is 38.7 Å². The summed E-state index contributed by atoms with van der Waals surface area (Å²) >= 11 is 3.49. The highest BCUT2D eigenvalue weighted by Gasteiger charge is 2.21. The molecule has 0 radical (unpaired) electrons. The number of carbonyl (C=O) groups excluding carboxylic acids is 2. The van der Waals surface area contributed by atoms with Crippen LogP contribution in [0.5, 0.6) is 5.75 Å². The zero-order valence-electron chi connectivity index (χ0n) is 15.8. The molecule has 0 saturated heterocycles. The van der Waals surface area contributed by atoms with Crippen LogP contribution in [0.3, 0.4) is 0 Å². The van der Waals surface area contributed by atoms with E-state index in [4.69, 9.17) is 18.9 Å². The predicted molar refractivity (Wildman–Crippen MR) is 105 cm³/mol. The van der Waals surface area contributed by atoms with Gasteiger partial charge in [-0.15, -0.1) is 0 Å². The van der Waals surface area contributed by atoms with Gasteiger partial charge in [-0.3, -0.25) is 5.32 Å². The van der Waals surface area contributed by atoms with Crippen molar-refractivity contribution < 1.29 is 28.5 Å². The van der Waals surface area contributed by atoms with Gasteiger partial charge in [0.2, 0.25) is 0 Å². The minimum absolute atomic E-state index is 0.0296. The zero-order chi connectivity index (χ0) is 20.2. The maximum Gasteiger partial charge on any atom is 0.412 e. The molecule has 8 heteroatoms. The van der Waals surface area contributed by atoms with Crippen molar-refractivity contribution in [1.29, 1.82) is 0 Å². The Kier molecular flexibility index (Phi) is 6.67. The van der Waals surface area contributed by atoms with Crippen molar-refractivity contribution in [3.8, 4) is 5.75 Å². The van der Waals surface area contributed by atoms with Crippen LogP contribution in [0.2, 0.25) is 0 Å². The number of hydrogen-bond acceptors (Lipinski definition) is 6. The first-order valence-corrected chi connectivity index (χ1v) is 8.92. The lowest BCUT2D eigenvalue weighted by atomic mass is 10.0. The minimum Gasteiger partial charge on any atom is -0.467 e. The van der Waals surface area contributed by atoms with E-state index in [1.165, 1.54) is 14.2 Å². The third-order valence-corrected chi connectivity index (χ3v) is 4.29. The molecule has 0 bridgehead atoms. The largest absolute Gasteiger partial charge is 0.467 e. The standard InChI is InChI=1S/C19H22BrNO6/c1-19(2,3)27-18(23)21-13-9-14(26-10-24-4)15-11(16(13)20)7-6-8-12(15)17(22)25-5/h6-9H,10H2,1-5H3,(H,21,23). The fourth-order valence-electron chi connectivity index (χ4n) is 2.43. The fraction of sp³-hybridized carbons (Fsp3) is 0.368. The Morgan fingerprint density at radius 3 is 2.48 bits per heavy atom. The molecule has 2 aromatic carbocycles. The molecule has 0 unspecified atom stereocenters. The molecule has 0 aromatic heterocycles. The molecule has 0 saturated carbocycles. The summed E-state index contributed by atoms with van der Waals surface area (Å²) in [6, 6.07) is 6.76. The van der Waals surface area contributed by atoms with E-state index in [1.54, 1.807) is 45.0 Å². The smallest absolute Gasteiger partial charge is 0.412 e. The summed E-state index contributed by atoms with van der Waals surface area (Å²) in [6.45, 7) is 5.30. The van der Waals surface area contributed by atoms with Gasteiger partial charge in [0.15, 0.2) is 6.79 Å². The number of fused-ring (bicyclic) bond motifs is 1. The second-order valence-electron chi connectivity index (χ2n) is 6.63.